The summed E-state index contributed by atoms with van der Waals surface area (Å²) in [6.45, 7) is 0.287. The van der Waals surface area contributed by atoms with E-state index >= 15 is 0 Å². The van der Waals surface area contributed by atoms with Gasteiger partial charge in [-0.15, -0.1) is 0 Å². The average Bonchev–Trinajstić information content (AvgIpc) is 3.20. The second kappa shape index (κ2) is 7.40. The van der Waals surface area contributed by atoms with Gasteiger partial charge >= 0.3 is 0 Å². The monoisotopic (exact) mass is 366 g/mol. The van der Waals surface area contributed by atoms with E-state index in [1.807, 2.05) is 18.2 Å². The van der Waals surface area contributed by atoms with E-state index < -0.39 is 9.84 Å². The third-order valence-corrected chi connectivity index (χ3v) is 6.54. The zero-order valence-corrected chi connectivity index (χ0v) is 14.6. The Labute approximate surface area is 145 Å². The van der Waals surface area contributed by atoms with Crippen LogP contribution >= 0.6 is 11.8 Å². The highest BCUT2D eigenvalue weighted by Crippen LogP contribution is 2.23. The van der Waals surface area contributed by atoms with Crippen LogP contribution in [0, 0.1) is 0 Å². The molecule has 1 aliphatic rings. The quantitative estimate of drug-likeness (QED) is 0.727. The third kappa shape index (κ3) is 4.39. The van der Waals surface area contributed by atoms with Crippen molar-refractivity contribution in [3.63, 3.8) is 0 Å². The van der Waals surface area contributed by atoms with Gasteiger partial charge in [0.15, 0.2) is 9.84 Å². The molecule has 2 aromatic heterocycles. The van der Waals surface area contributed by atoms with Crippen LogP contribution in [0.15, 0.2) is 52.2 Å². The Morgan fingerprint density at radius 3 is 2.83 bits per heavy atom. The fourth-order valence-electron chi connectivity index (χ4n) is 2.66. The normalized spacial score (nSPS) is 19.2. The Morgan fingerprint density at radius 2 is 2.21 bits per heavy atom. The van der Waals surface area contributed by atoms with Crippen molar-refractivity contribution in [1.29, 1.82) is 0 Å². The van der Waals surface area contributed by atoms with Crippen molar-refractivity contribution in [2.45, 2.75) is 24.0 Å². The lowest BCUT2D eigenvalue weighted by atomic mass is 10.2. The molecule has 6 nitrogen and oxygen atoms in total. The van der Waals surface area contributed by atoms with Crippen LogP contribution in [0.3, 0.4) is 0 Å². The average molecular weight is 366 g/mol. The summed E-state index contributed by atoms with van der Waals surface area (Å²) in [7, 11) is -3.06. The number of aromatic nitrogens is 1. The molecule has 1 fully saturated rings. The van der Waals surface area contributed by atoms with E-state index in [1.54, 1.807) is 29.5 Å². The van der Waals surface area contributed by atoms with Crippen molar-refractivity contribution in [3.8, 4) is 0 Å². The molecule has 24 heavy (non-hydrogen) atoms. The number of nitrogens with zero attached hydrogens (tertiary/aromatic N) is 2. The number of thioether (sulfide) groups is 1. The molecule has 1 aliphatic heterocycles. The van der Waals surface area contributed by atoms with Crippen molar-refractivity contribution in [3.05, 3.63) is 48.6 Å². The van der Waals surface area contributed by atoms with Crippen LogP contribution in [0.1, 0.15) is 12.2 Å². The third-order valence-electron chi connectivity index (χ3n) is 3.86. The molecule has 128 valence electrons. The van der Waals surface area contributed by atoms with Gasteiger partial charge in [0.1, 0.15) is 5.76 Å². The summed E-state index contributed by atoms with van der Waals surface area (Å²) >= 11 is 1.35. The van der Waals surface area contributed by atoms with Crippen molar-refractivity contribution in [2.24, 2.45) is 0 Å². The number of hydrogen-bond acceptors (Lipinski definition) is 6. The van der Waals surface area contributed by atoms with Crippen LogP contribution in [-0.4, -0.2) is 47.5 Å². The highest BCUT2D eigenvalue weighted by atomic mass is 32.2. The Hall–Kier alpha value is -1.80. The minimum atomic E-state index is -3.06. The topological polar surface area (TPSA) is 80.5 Å². The SMILES string of the molecule is O=C(CSc1ccccn1)N(Cc1ccco1)[C@@H]1CCS(=O)(=O)C1. The second-order valence-corrected chi connectivity index (χ2v) is 8.84. The molecule has 0 unspecified atom stereocenters. The second-order valence-electron chi connectivity index (χ2n) is 5.61. The predicted molar refractivity (Wildman–Crippen MR) is 91.3 cm³/mol. The lowest BCUT2D eigenvalue weighted by Gasteiger charge is -2.27. The molecule has 0 N–H and O–H groups in total. The van der Waals surface area contributed by atoms with Crippen LogP contribution < -0.4 is 0 Å². The Morgan fingerprint density at radius 1 is 1.33 bits per heavy atom. The number of furan rings is 1. The maximum Gasteiger partial charge on any atom is 0.233 e. The van der Waals surface area contributed by atoms with Crippen LogP contribution in [0.4, 0.5) is 0 Å². The summed E-state index contributed by atoms with van der Waals surface area (Å²) in [6, 6.07) is 8.77. The first kappa shape index (κ1) is 17.0. The van der Waals surface area contributed by atoms with E-state index in [0.717, 1.165) is 5.03 Å². The van der Waals surface area contributed by atoms with Gasteiger partial charge in [0.25, 0.3) is 0 Å². The Bertz CT molecular complexity index is 776. The standard InChI is InChI=1S/C16H18N2O4S2/c19-16(11-23-15-5-1-2-7-17-15)18(10-14-4-3-8-22-14)13-6-9-24(20,21)12-13/h1-5,7-8,13H,6,9-12H2/t13-/m1/s1. The molecule has 1 amide bonds. The number of pyridine rings is 1. The largest absolute Gasteiger partial charge is 0.467 e. The molecule has 0 aliphatic carbocycles. The van der Waals surface area contributed by atoms with Crippen molar-refractivity contribution in [1.82, 2.24) is 9.88 Å². The summed E-state index contributed by atoms with van der Waals surface area (Å²) < 4.78 is 28.9. The molecule has 2 aromatic rings. The molecule has 0 spiro atoms. The molecule has 3 heterocycles. The summed E-state index contributed by atoms with van der Waals surface area (Å²) in [5.74, 6) is 0.911. The van der Waals surface area contributed by atoms with Gasteiger partial charge in [-0.25, -0.2) is 13.4 Å². The molecule has 8 heteroatoms. The first-order valence-electron chi connectivity index (χ1n) is 7.59. The van der Waals surface area contributed by atoms with Gasteiger partial charge in [-0.05, 0) is 30.7 Å². The minimum Gasteiger partial charge on any atom is -0.467 e. The van der Waals surface area contributed by atoms with Gasteiger partial charge < -0.3 is 9.32 Å². The van der Waals surface area contributed by atoms with Crippen LogP contribution in [-0.2, 0) is 21.2 Å². The molecule has 1 saturated heterocycles. The first-order chi connectivity index (χ1) is 11.5. The lowest BCUT2D eigenvalue weighted by Crippen LogP contribution is -2.41. The molecule has 0 bridgehead atoms. The summed E-state index contributed by atoms with van der Waals surface area (Å²) in [5, 5.41) is 0.767. The van der Waals surface area contributed by atoms with E-state index in [2.05, 4.69) is 4.98 Å². The Kier molecular flexibility index (Phi) is 5.25. The van der Waals surface area contributed by atoms with E-state index in [-0.39, 0.29) is 35.8 Å². The smallest absolute Gasteiger partial charge is 0.233 e. The summed E-state index contributed by atoms with van der Waals surface area (Å²) in [5.41, 5.74) is 0. The number of carbonyl (C=O) groups excluding carboxylic acids is 1. The fourth-order valence-corrected chi connectivity index (χ4v) is 5.14. The van der Waals surface area contributed by atoms with E-state index in [0.29, 0.717) is 12.2 Å². The van der Waals surface area contributed by atoms with Gasteiger partial charge in [0.05, 0.1) is 35.1 Å². The predicted octanol–water partition coefficient (Wildman–Crippen LogP) is 1.98. The molecule has 3 rings (SSSR count). The highest BCUT2D eigenvalue weighted by molar-refractivity contribution is 7.99. The van der Waals surface area contributed by atoms with E-state index in [9.17, 15) is 13.2 Å². The van der Waals surface area contributed by atoms with E-state index in [1.165, 1.54) is 11.8 Å². The van der Waals surface area contributed by atoms with Gasteiger partial charge in [-0.1, -0.05) is 17.8 Å². The van der Waals surface area contributed by atoms with Gasteiger partial charge in [-0.3, -0.25) is 4.79 Å². The summed E-state index contributed by atoms with van der Waals surface area (Å²) in [4.78, 5) is 18.5. The minimum absolute atomic E-state index is 0.0215. The van der Waals surface area contributed by atoms with Crippen LogP contribution in [0.25, 0.3) is 0 Å². The fraction of sp³-hybridized carbons (Fsp3) is 0.375. The number of hydrogen-bond donors (Lipinski definition) is 0. The molecular formula is C16H18N2O4S2. The van der Waals surface area contributed by atoms with Crippen molar-refractivity contribution < 1.29 is 17.6 Å². The van der Waals surface area contributed by atoms with Crippen molar-refractivity contribution in [2.75, 3.05) is 17.3 Å². The number of sulfone groups is 1. The lowest BCUT2D eigenvalue weighted by molar-refractivity contribution is -0.131. The maximum atomic E-state index is 12.7. The number of carbonyl (C=O) groups is 1. The van der Waals surface area contributed by atoms with E-state index in [4.69, 9.17) is 4.42 Å². The van der Waals surface area contributed by atoms with Crippen LogP contribution in [0.2, 0.25) is 0 Å². The number of amides is 1. The maximum absolute atomic E-state index is 12.7. The molecular weight excluding hydrogens is 348 g/mol. The molecule has 0 radical (unpaired) electrons. The van der Waals surface area contributed by atoms with Gasteiger partial charge in [0.2, 0.25) is 5.91 Å². The molecule has 0 aromatic carbocycles. The van der Waals surface area contributed by atoms with Gasteiger partial charge in [-0.2, -0.15) is 0 Å². The van der Waals surface area contributed by atoms with Gasteiger partial charge in [0, 0.05) is 12.2 Å². The van der Waals surface area contributed by atoms with Crippen LogP contribution in [0.5, 0.6) is 0 Å². The Balaban J connectivity index is 1.70. The summed E-state index contributed by atoms with van der Waals surface area (Å²) in [6.07, 6.45) is 3.70. The molecule has 0 saturated carbocycles. The first-order valence-corrected chi connectivity index (χ1v) is 10.4. The highest BCUT2D eigenvalue weighted by Gasteiger charge is 2.35. The molecule has 1 atom stereocenters. The zero-order chi connectivity index (χ0) is 17.0. The van der Waals surface area contributed by atoms with Crippen molar-refractivity contribution >= 4 is 27.5 Å². The number of rotatable bonds is 6. The zero-order valence-electron chi connectivity index (χ0n) is 13.0.